The number of hydrogen-bond donors (Lipinski definition) is 2. The molecule has 2 aromatic carbocycles. The zero-order valence-corrected chi connectivity index (χ0v) is 14.9. The fraction of sp³-hybridized carbons (Fsp3) is 0.222. The Morgan fingerprint density at radius 1 is 1.16 bits per heavy atom. The third kappa shape index (κ3) is 4.32. The van der Waals surface area contributed by atoms with E-state index >= 15 is 0 Å². The Balaban J connectivity index is 1.71. The van der Waals surface area contributed by atoms with Crippen LogP contribution in [0.5, 0.6) is 5.75 Å². The molecule has 0 aliphatic heterocycles. The number of methoxy groups -OCH3 is 1. The molecule has 0 bridgehead atoms. The van der Waals surface area contributed by atoms with Crippen LogP contribution < -0.4 is 9.64 Å². The average molecular weight is 359 g/mol. The van der Waals surface area contributed by atoms with Gasteiger partial charge in [-0.25, -0.2) is 9.07 Å². The largest absolute Gasteiger partial charge is 0.497 e. The third-order valence-corrected chi connectivity index (χ3v) is 4.20. The van der Waals surface area contributed by atoms with Crippen molar-refractivity contribution < 1.29 is 14.0 Å². The summed E-state index contributed by atoms with van der Waals surface area (Å²) < 4.78 is 20.5. The molecule has 3 rings (SSSR count). The van der Waals surface area contributed by atoms with Gasteiger partial charge in [0.05, 0.1) is 14.2 Å². The van der Waals surface area contributed by atoms with E-state index in [4.69, 9.17) is 17.0 Å². The van der Waals surface area contributed by atoms with Crippen molar-refractivity contribution >= 4 is 12.2 Å². The molecule has 0 spiro atoms. The average Bonchev–Trinajstić information content (AvgIpc) is 2.97. The van der Waals surface area contributed by atoms with Gasteiger partial charge in [-0.15, -0.1) is 0 Å². The van der Waals surface area contributed by atoms with E-state index < -0.39 is 0 Å². The van der Waals surface area contributed by atoms with Gasteiger partial charge in [0.25, 0.3) is 0 Å². The number of rotatable bonds is 6. The minimum absolute atomic E-state index is 0.221. The number of aromatic nitrogens is 3. The van der Waals surface area contributed by atoms with Crippen LogP contribution in [0.1, 0.15) is 5.56 Å². The first-order valence-electron chi connectivity index (χ1n) is 7.92. The second kappa shape index (κ2) is 7.58. The van der Waals surface area contributed by atoms with E-state index in [1.54, 1.807) is 19.2 Å². The van der Waals surface area contributed by atoms with Gasteiger partial charge in [0.15, 0.2) is 12.5 Å². The van der Waals surface area contributed by atoms with Crippen LogP contribution in [-0.2, 0) is 13.2 Å². The number of nitrogens with zero attached hydrogens (tertiary/aromatic N) is 2. The molecular formula is C18H20FN4OS+. The lowest BCUT2D eigenvalue weighted by molar-refractivity contribution is -0.917. The summed E-state index contributed by atoms with van der Waals surface area (Å²) in [4.78, 5) is 5.63. The van der Waals surface area contributed by atoms with Crippen molar-refractivity contribution in [2.75, 3.05) is 14.2 Å². The summed E-state index contributed by atoms with van der Waals surface area (Å²) >= 11 is 5.35. The van der Waals surface area contributed by atoms with Gasteiger partial charge in [-0.05, 0) is 48.6 Å². The molecule has 0 amide bonds. The van der Waals surface area contributed by atoms with Crippen LogP contribution in [0.3, 0.4) is 0 Å². The number of aromatic amines is 1. The summed E-state index contributed by atoms with van der Waals surface area (Å²) in [6.45, 7) is 1.40. The van der Waals surface area contributed by atoms with E-state index in [-0.39, 0.29) is 5.82 Å². The monoisotopic (exact) mass is 359 g/mol. The van der Waals surface area contributed by atoms with E-state index in [0.29, 0.717) is 11.4 Å². The van der Waals surface area contributed by atoms with Crippen molar-refractivity contribution in [2.45, 2.75) is 13.2 Å². The van der Waals surface area contributed by atoms with Crippen LogP contribution >= 0.6 is 12.2 Å². The van der Waals surface area contributed by atoms with Gasteiger partial charge in [0, 0.05) is 11.1 Å². The van der Waals surface area contributed by atoms with Gasteiger partial charge in [-0.3, -0.25) is 5.10 Å². The van der Waals surface area contributed by atoms with Crippen LogP contribution in [0.25, 0.3) is 11.4 Å². The molecule has 5 nitrogen and oxygen atoms in total. The highest BCUT2D eigenvalue weighted by Gasteiger charge is 2.10. The van der Waals surface area contributed by atoms with Crippen molar-refractivity contribution in [1.29, 1.82) is 0 Å². The molecule has 0 fully saturated rings. The Hall–Kier alpha value is -2.51. The van der Waals surface area contributed by atoms with Crippen molar-refractivity contribution in [3.8, 4) is 17.1 Å². The third-order valence-electron chi connectivity index (χ3n) is 3.89. The van der Waals surface area contributed by atoms with Gasteiger partial charge < -0.3 is 9.64 Å². The lowest BCUT2D eigenvalue weighted by Crippen LogP contribution is -3.07. The summed E-state index contributed by atoms with van der Waals surface area (Å²) in [5, 5.41) is 3.24. The quantitative estimate of drug-likeness (QED) is 0.665. The molecule has 3 aromatic rings. The molecular weight excluding hydrogens is 339 g/mol. The first-order valence-corrected chi connectivity index (χ1v) is 8.33. The zero-order valence-electron chi connectivity index (χ0n) is 14.1. The van der Waals surface area contributed by atoms with Gasteiger partial charge in [-0.2, -0.15) is 4.98 Å². The predicted molar refractivity (Wildman–Crippen MR) is 96.4 cm³/mol. The number of quaternary nitrogens is 1. The Morgan fingerprint density at radius 2 is 1.84 bits per heavy atom. The van der Waals surface area contributed by atoms with Gasteiger partial charge >= 0.3 is 0 Å². The SMILES string of the molecule is COc1ccc(-c2nc(=S)n(C[NH+](C)Cc3ccc(F)cc3)[nH]2)cc1. The normalized spacial score (nSPS) is 12.1. The van der Waals surface area contributed by atoms with Crippen LogP contribution in [-0.4, -0.2) is 28.9 Å². The summed E-state index contributed by atoms with van der Waals surface area (Å²) in [5.74, 6) is 1.30. The lowest BCUT2D eigenvalue weighted by atomic mass is 10.2. The first-order chi connectivity index (χ1) is 12.0. The van der Waals surface area contributed by atoms with Crippen LogP contribution in [0.2, 0.25) is 0 Å². The molecule has 1 atom stereocenters. The molecule has 0 radical (unpaired) electrons. The molecule has 7 heteroatoms. The molecule has 2 N–H and O–H groups in total. The van der Waals surface area contributed by atoms with E-state index in [1.807, 2.05) is 28.9 Å². The van der Waals surface area contributed by atoms with Crippen molar-refractivity contribution in [3.63, 3.8) is 0 Å². The number of nitrogens with one attached hydrogen (secondary N) is 2. The first kappa shape index (κ1) is 17.3. The van der Waals surface area contributed by atoms with Gasteiger partial charge in [0.1, 0.15) is 18.1 Å². The van der Waals surface area contributed by atoms with Gasteiger partial charge in [-0.1, -0.05) is 12.1 Å². The van der Waals surface area contributed by atoms with E-state index in [1.165, 1.54) is 17.0 Å². The Kier molecular flexibility index (Phi) is 5.25. The number of benzene rings is 2. The Bertz CT molecular complexity index is 887. The predicted octanol–water partition coefficient (Wildman–Crippen LogP) is 2.43. The number of ether oxygens (including phenoxy) is 1. The molecule has 130 valence electrons. The maximum Gasteiger partial charge on any atom is 0.221 e. The molecule has 1 aromatic heterocycles. The standard InChI is InChI=1S/C18H19FN4OS/c1-22(11-13-3-7-15(19)8-4-13)12-23-18(25)20-17(21-23)14-5-9-16(24-2)10-6-14/h3-10H,11-12H2,1-2H3,(H,20,21,25)/p+1. The van der Waals surface area contributed by atoms with Crippen molar-refractivity contribution in [2.24, 2.45) is 0 Å². The maximum absolute atomic E-state index is 13.0. The highest BCUT2D eigenvalue weighted by atomic mass is 32.1. The second-order valence-corrected chi connectivity index (χ2v) is 6.29. The highest BCUT2D eigenvalue weighted by molar-refractivity contribution is 7.71. The Morgan fingerprint density at radius 3 is 2.48 bits per heavy atom. The topological polar surface area (TPSA) is 47.3 Å². The van der Waals surface area contributed by atoms with Gasteiger partial charge in [0.2, 0.25) is 4.77 Å². The molecule has 25 heavy (non-hydrogen) atoms. The number of hydrogen-bond acceptors (Lipinski definition) is 3. The molecule has 0 saturated heterocycles. The van der Waals surface area contributed by atoms with E-state index in [9.17, 15) is 4.39 Å². The maximum atomic E-state index is 13.0. The minimum Gasteiger partial charge on any atom is -0.497 e. The zero-order chi connectivity index (χ0) is 17.8. The Labute approximate surface area is 150 Å². The molecule has 0 aliphatic carbocycles. The summed E-state index contributed by atoms with van der Waals surface area (Å²) in [7, 11) is 3.69. The summed E-state index contributed by atoms with van der Waals surface area (Å²) in [6, 6.07) is 14.2. The molecule has 1 heterocycles. The van der Waals surface area contributed by atoms with Crippen molar-refractivity contribution in [1.82, 2.24) is 14.8 Å². The number of halogens is 1. The smallest absolute Gasteiger partial charge is 0.221 e. The molecule has 0 saturated carbocycles. The number of H-pyrrole nitrogens is 1. The summed E-state index contributed by atoms with van der Waals surface area (Å²) in [5.41, 5.74) is 2.02. The van der Waals surface area contributed by atoms with Crippen molar-refractivity contribution in [3.05, 3.63) is 64.7 Å². The fourth-order valence-corrected chi connectivity index (χ4v) is 2.82. The second-order valence-electron chi connectivity index (χ2n) is 5.93. The molecule has 1 unspecified atom stereocenters. The van der Waals surface area contributed by atoms with Crippen LogP contribution in [0, 0.1) is 10.6 Å². The van der Waals surface area contributed by atoms with Crippen LogP contribution in [0.15, 0.2) is 48.5 Å². The fourth-order valence-electron chi connectivity index (χ4n) is 2.62. The van der Waals surface area contributed by atoms with E-state index in [0.717, 1.165) is 29.2 Å². The summed E-state index contributed by atoms with van der Waals surface area (Å²) in [6.07, 6.45) is 0. The lowest BCUT2D eigenvalue weighted by Gasteiger charge is -2.14. The van der Waals surface area contributed by atoms with E-state index in [2.05, 4.69) is 17.1 Å². The van der Waals surface area contributed by atoms with Crippen LogP contribution in [0.4, 0.5) is 4.39 Å². The minimum atomic E-state index is -0.221. The molecule has 0 aliphatic rings. The highest BCUT2D eigenvalue weighted by Crippen LogP contribution is 2.18.